The van der Waals surface area contributed by atoms with Gasteiger partial charge in [-0.05, 0) is 18.2 Å². The van der Waals surface area contributed by atoms with Crippen molar-refractivity contribution in [2.24, 2.45) is 14.1 Å². The zero-order valence-electron chi connectivity index (χ0n) is 17.5. The van der Waals surface area contributed by atoms with Crippen molar-refractivity contribution >= 4 is 28.0 Å². The highest BCUT2D eigenvalue weighted by atomic mass is 16.5. The second-order valence-corrected chi connectivity index (χ2v) is 7.03. The van der Waals surface area contributed by atoms with Gasteiger partial charge in [0.15, 0.2) is 11.2 Å². The van der Waals surface area contributed by atoms with Crippen LogP contribution in [0.5, 0.6) is 5.75 Å². The van der Waals surface area contributed by atoms with Gasteiger partial charge in [-0.3, -0.25) is 23.7 Å². The van der Waals surface area contributed by atoms with E-state index in [1.54, 1.807) is 6.20 Å². The fourth-order valence-corrected chi connectivity index (χ4v) is 3.24. The summed E-state index contributed by atoms with van der Waals surface area (Å²) < 4.78 is 9.26. The minimum absolute atomic E-state index is 0.119. The summed E-state index contributed by atoms with van der Waals surface area (Å²) in [6.07, 6.45) is 3.09. The molecule has 0 saturated heterocycles. The minimum Gasteiger partial charge on any atom is -0.481 e. The summed E-state index contributed by atoms with van der Waals surface area (Å²) >= 11 is 0. The standard InChI is InChI=1S/C22H20N6O4/c1-26-20-19(21(30)27(2)22(26)31)28(14-25-20)13-18(29)24-9-3-4-11-32-16-8-7-15-6-5-10-23-17(15)12-16/h5-8,10,12,14H,9,11,13H2,1-2H3,(H,24,29). The molecule has 0 aliphatic rings. The average Bonchev–Trinajstić information content (AvgIpc) is 3.22. The largest absolute Gasteiger partial charge is 0.481 e. The molecule has 0 radical (unpaired) electrons. The maximum Gasteiger partial charge on any atom is 0.332 e. The fourth-order valence-electron chi connectivity index (χ4n) is 3.24. The zero-order chi connectivity index (χ0) is 22.7. The maximum absolute atomic E-state index is 12.4. The summed E-state index contributed by atoms with van der Waals surface area (Å²) in [5.41, 5.74) is 0.275. The SMILES string of the molecule is Cn1c(=O)c2c(ncn2CC(=O)NCC#CCOc2ccc3cccnc3c2)n(C)c1=O. The van der Waals surface area contributed by atoms with Gasteiger partial charge < -0.3 is 14.6 Å². The number of aryl methyl sites for hydroxylation is 1. The van der Waals surface area contributed by atoms with Gasteiger partial charge in [0.05, 0.1) is 18.4 Å². The normalized spacial score (nSPS) is 10.7. The maximum atomic E-state index is 12.4. The molecule has 1 amide bonds. The molecule has 0 aliphatic carbocycles. The van der Waals surface area contributed by atoms with E-state index in [4.69, 9.17) is 4.74 Å². The van der Waals surface area contributed by atoms with Crippen molar-refractivity contribution in [1.82, 2.24) is 29.0 Å². The number of hydrogen-bond acceptors (Lipinski definition) is 6. The number of aromatic nitrogens is 5. The van der Waals surface area contributed by atoms with Gasteiger partial charge >= 0.3 is 5.69 Å². The smallest absolute Gasteiger partial charge is 0.332 e. The number of fused-ring (bicyclic) bond motifs is 2. The predicted octanol–water partition coefficient (Wildman–Crippen LogP) is 0.180. The number of hydrogen-bond donors (Lipinski definition) is 1. The van der Waals surface area contributed by atoms with Gasteiger partial charge in [0.2, 0.25) is 5.91 Å². The molecule has 4 aromatic rings. The van der Waals surface area contributed by atoms with Crippen LogP contribution >= 0.6 is 0 Å². The Labute approximate surface area is 182 Å². The first kappa shape index (κ1) is 20.9. The number of carbonyl (C=O) groups excluding carboxylic acids is 1. The van der Waals surface area contributed by atoms with Crippen LogP contribution in [0.1, 0.15) is 0 Å². The molecule has 32 heavy (non-hydrogen) atoms. The lowest BCUT2D eigenvalue weighted by molar-refractivity contribution is -0.121. The molecule has 3 heterocycles. The molecule has 3 aromatic heterocycles. The van der Waals surface area contributed by atoms with Crippen LogP contribution in [0.4, 0.5) is 0 Å². The average molecular weight is 432 g/mol. The van der Waals surface area contributed by atoms with E-state index in [1.807, 2.05) is 30.3 Å². The van der Waals surface area contributed by atoms with Gasteiger partial charge in [-0.2, -0.15) is 0 Å². The lowest BCUT2D eigenvalue weighted by atomic mass is 10.2. The number of rotatable bonds is 5. The monoisotopic (exact) mass is 432 g/mol. The molecule has 0 atom stereocenters. The number of pyridine rings is 1. The van der Waals surface area contributed by atoms with Gasteiger partial charge in [-0.25, -0.2) is 9.78 Å². The minimum atomic E-state index is -0.505. The van der Waals surface area contributed by atoms with Crippen molar-refractivity contribution < 1.29 is 9.53 Å². The van der Waals surface area contributed by atoms with Crippen LogP contribution in [0.3, 0.4) is 0 Å². The Morgan fingerprint density at radius 2 is 1.97 bits per heavy atom. The molecule has 162 valence electrons. The van der Waals surface area contributed by atoms with E-state index >= 15 is 0 Å². The molecule has 0 fully saturated rings. The second kappa shape index (κ2) is 8.77. The van der Waals surface area contributed by atoms with Gasteiger partial charge in [0.1, 0.15) is 18.9 Å². The summed E-state index contributed by atoms with van der Waals surface area (Å²) in [7, 11) is 2.90. The molecule has 0 unspecified atom stereocenters. The topological polar surface area (TPSA) is 113 Å². The van der Waals surface area contributed by atoms with Crippen molar-refractivity contribution in [1.29, 1.82) is 0 Å². The molecule has 1 N–H and O–H groups in total. The number of amides is 1. The van der Waals surface area contributed by atoms with Crippen molar-refractivity contribution in [3.63, 3.8) is 0 Å². The summed E-state index contributed by atoms with van der Waals surface area (Å²) in [6.45, 7) is 0.182. The molecule has 0 spiro atoms. The lowest BCUT2D eigenvalue weighted by Crippen LogP contribution is -2.38. The Morgan fingerprint density at radius 3 is 2.81 bits per heavy atom. The van der Waals surface area contributed by atoms with Crippen LogP contribution < -0.4 is 21.3 Å². The van der Waals surface area contributed by atoms with Crippen LogP contribution in [0.15, 0.2) is 52.4 Å². The molecule has 4 rings (SSSR count). The van der Waals surface area contributed by atoms with Gasteiger partial charge in [0.25, 0.3) is 5.56 Å². The third-order valence-corrected chi connectivity index (χ3v) is 4.92. The number of benzene rings is 1. The third-order valence-electron chi connectivity index (χ3n) is 4.92. The second-order valence-electron chi connectivity index (χ2n) is 7.03. The van der Waals surface area contributed by atoms with E-state index in [0.717, 1.165) is 15.5 Å². The molecule has 0 aliphatic heterocycles. The molecular weight excluding hydrogens is 412 g/mol. The molecule has 1 aromatic carbocycles. The number of carbonyl (C=O) groups is 1. The van der Waals surface area contributed by atoms with Crippen LogP contribution in [0, 0.1) is 11.8 Å². The highest BCUT2D eigenvalue weighted by molar-refractivity contribution is 5.80. The summed E-state index contributed by atoms with van der Waals surface area (Å²) in [5, 5.41) is 3.69. The first-order valence-corrected chi connectivity index (χ1v) is 9.76. The van der Waals surface area contributed by atoms with Crippen molar-refractivity contribution in [2.45, 2.75) is 6.54 Å². The highest BCUT2D eigenvalue weighted by Gasteiger charge is 2.15. The quantitative estimate of drug-likeness (QED) is 0.450. The molecule has 0 bridgehead atoms. The number of nitrogens with zero attached hydrogens (tertiary/aromatic N) is 5. The Balaban J connectivity index is 1.32. The Bertz CT molecular complexity index is 1500. The van der Waals surface area contributed by atoms with Gasteiger partial charge in [-0.1, -0.05) is 17.9 Å². The fraction of sp³-hybridized carbons (Fsp3) is 0.227. The van der Waals surface area contributed by atoms with E-state index in [1.165, 1.54) is 29.6 Å². The van der Waals surface area contributed by atoms with E-state index in [-0.39, 0.29) is 36.8 Å². The first-order chi connectivity index (χ1) is 15.5. The van der Waals surface area contributed by atoms with Crippen LogP contribution in [-0.4, -0.2) is 42.7 Å². The van der Waals surface area contributed by atoms with Crippen molar-refractivity contribution in [2.75, 3.05) is 13.2 Å². The Hall–Kier alpha value is -4.39. The number of ether oxygens (including phenoxy) is 1. The van der Waals surface area contributed by atoms with Gasteiger partial charge in [0, 0.05) is 31.7 Å². The summed E-state index contributed by atoms with van der Waals surface area (Å²) in [5.74, 6) is 5.98. The summed E-state index contributed by atoms with van der Waals surface area (Å²) in [4.78, 5) is 45.0. The lowest BCUT2D eigenvalue weighted by Gasteiger charge is -2.06. The third kappa shape index (κ3) is 4.09. The van der Waals surface area contributed by atoms with E-state index in [0.29, 0.717) is 5.75 Å². The molecule has 0 saturated carbocycles. The van der Waals surface area contributed by atoms with Crippen LogP contribution in [0.2, 0.25) is 0 Å². The number of nitrogens with one attached hydrogen (secondary N) is 1. The molecule has 10 nitrogen and oxygen atoms in total. The van der Waals surface area contributed by atoms with E-state index in [9.17, 15) is 14.4 Å². The van der Waals surface area contributed by atoms with Crippen LogP contribution in [0.25, 0.3) is 22.1 Å². The molecular formula is C22H20N6O4. The van der Waals surface area contributed by atoms with E-state index < -0.39 is 11.2 Å². The van der Waals surface area contributed by atoms with Gasteiger partial charge in [-0.15, -0.1) is 0 Å². The van der Waals surface area contributed by atoms with E-state index in [2.05, 4.69) is 27.1 Å². The zero-order valence-corrected chi connectivity index (χ0v) is 17.5. The van der Waals surface area contributed by atoms with Crippen LogP contribution in [-0.2, 0) is 25.4 Å². The summed E-state index contributed by atoms with van der Waals surface area (Å²) in [6, 6.07) is 9.47. The molecule has 10 heteroatoms. The van der Waals surface area contributed by atoms with Crippen molar-refractivity contribution in [3.8, 4) is 17.6 Å². The predicted molar refractivity (Wildman–Crippen MR) is 118 cm³/mol. The van der Waals surface area contributed by atoms with Crippen molar-refractivity contribution in [3.05, 3.63) is 63.7 Å². The first-order valence-electron chi connectivity index (χ1n) is 9.76. The Morgan fingerprint density at radius 1 is 1.12 bits per heavy atom. The highest BCUT2D eigenvalue weighted by Crippen LogP contribution is 2.18. The number of imidazole rings is 1. The Kier molecular flexibility index (Phi) is 5.72.